The number of rotatable bonds is 1. The van der Waals surface area contributed by atoms with Crippen LogP contribution < -0.4 is 10.4 Å². The summed E-state index contributed by atoms with van der Waals surface area (Å²) < 4.78 is 0. The van der Waals surface area contributed by atoms with E-state index in [9.17, 15) is 9.90 Å². The average Bonchev–Trinajstić information content (AvgIpc) is 2.72. The molecular formula is C7H2BNO2. The van der Waals surface area contributed by atoms with Crippen LogP contribution in [0.15, 0.2) is 0 Å². The normalized spacial score (nSPS) is 14.4. The second-order valence-electron chi connectivity index (χ2n) is 2.68. The summed E-state index contributed by atoms with van der Waals surface area (Å²) in [5, 5.41) is 9.30. The van der Waals surface area contributed by atoms with Crippen molar-refractivity contribution in [3.63, 3.8) is 0 Å². The molecule has 4 heteroatoms. The number of carbonyl (C=O) groups is 1. The van der Waals surface area contributed by atoms with E-state index in [1.54, 1.807) is 0 Å². The first-order valence-corrected chi connectivity index (χ1v) is 3.21. The number of hydrogen-bond donors (Lipinski definition) is 1. The molecule has 1 aromatic carbocycles. The summed E-state index contributed by atoms with van der Waals surface area (Å²) in [5.74, 6) is 0.0301. The van der Waals surface area contributed by atoms with Gasteiger partial charge < -0.3 is 5.11 Å². The third-order valence-corrected chi connectivity index (χ3v) is 2.16. The Balaban J connectivity index is 2.41. The van der Waals surface area contributed by atoms with Crippen LogP contribution in [0.5, 0.6) is 5.75 Å². The lowest BCUT2D eigenvalue weighted by atomic mass is 9.89. The van der Waals surface area contributed by atoms with Gasteiger partial charge in [-0.05, 0) is 0 Å². The maximum absolute atomic E-state index is 10.4. The molecule has 0 spiro atoms. The zero-order valence-corrected chi connectivity index (χ0v) is 5.46. The molecule has 0 fully saturated rings. The summed E-state index contributed by atoms with van der Waals surface area (Å²) >= 11 is 0. The van der Waals surface area contributed by atoms with Gasteiger partial charge in [0.15, 0.2) is 12.0 Å². The maximum atomic E-state index is 10.4. The molecular weight excluding hydrogens is 141 g/mol. The van der Waals surface area contributed by atoms with E-state index < -0.39 is 0 Å². The fourth-order valence-corrected chi connectivity index (χ4v) is 1.47. The smallest absolute Gasteiger partial charge is 0.153 e. The molecule has 1 N–H and O–H groups in total. The Labute approximate surface area is 63.7 Å². The summed E-state index contributed by atoms with van der Waals surface area (Å²) in [7, 11) is 5.54. The first-order chi connectivity index (χ1) is 5.27. The molecule has 3 nitrogen and oxygen atoms in total. The van der Waals surface area contributed by atoms with Gasteiger partial charge in [-0.15, -0.1) is 0 Å². The molecule has 0 atom stereocenters. The Morgan fingerprint density at radius 3 is 2.45 bits per heavy atom. The predicted molar refractivity (Wildman–Crippen MR) is 40.7 cm³/mol. The fraction of sp³-hybridized carbons (Fsp3) is 0. The lowest BCUT2D eigenvalue weighted by molar-refractivity contribution is 0.112. The van der Waals surface area contributed by atoms with Crippen molar-refractivity contribution in [2.24, 2.45) is 0 Å². The number of nitrogens with zero attached hydrogens (tertiary/aromatic N) is 1. The van der Waals surface area contributed by atoms with E-state index in [-0.39, 0.29) is 11.3 Å². The van der Waals surface area contributed by atoms with Crippen molar-refractivity contribution in [3.8, 4) is 5.75 Å². The van der Waals surface area contributed by atoms with Gasteiger partial charge in [-0.1, -0.05) is 5.46 Å². The molecule has 3 heterocycles. The topological polar surface area (TPSA) is 40.3 Å². The number of hydrogen-bond acceptors (Lipinski definition) is 3. The molecule has 2 bridgehead atoms. The van der Waals surface area contributed by atoms with Crippen molar-refractivity contribution in [1.82, 2.24) is 0 Å². The van der Waals surface area contributed by atoms with Crippen molar-refractivity contribution in [1.29, 1.82) is 0 Å². The van der Waals surface area contributed by atoms with Crippen LogP contribution in [0, 0.1) is 0 Å². The zero-order chi connectivity index (χ0) is 7.75. The molecule has 0 aliphatic carbocycles. The molecule has 1 aromatic rings. The predicted octanol–water partition coefficient (Wildman–Crippen LogP) is 0.0951. The molecule has 50 valence electrons. The molecule has 2 radical (unpaired) electrons. The molecule has 0 saturated carbocycles. The molecule has 0 unspecified atom stereocenters. The quantitative estimate of drug-likeness (QED) is 0.298. The molecule has 3 aliphatic rings. The summed E-state index contributed by atoms with van der Waals surface area (Å²) in [5.41, 5.74) is 3.33. The van der Waals surface area contributed by atoms with E-state index >= 15 is 0 Å². The average molecular weight is 143 g/mol. The van der Waals surface area contributed by atoms with Crippen LogP contribution in [0.2, 0.25) is 0 Å². The number of carbonyl (C=O) groups excluding carboxylic acids is 1. The SMILES string of the molecule is [B]c1c(C=O)c(O)c2c3c1N23. The highest BCUT2D eigenvalue weighted by Crippen LogP contribution is 2.76. The van der Waals surface area contributed by atoms with E-state index in [1.807, 2.05) is 4.90 Å². The maximum Gasteiger partial charge on any atom is 0.153 e. The molecule has 0 amide bonds. The van der Waals surface area contributed by atoms with Crippen molar-refractivity contribution in [2.75, 3.05) is 4.90 Å². The number of aldehydes is 1. The summed E-state index contributed by atoms with van der Waals surface area (Å²) in [6, 6.07) is 0. The Morgan fingerprint density at radius 1 is 1.36 bits per heavy atom. The highest BCUT2D eigenvalue weighted by atomic mass is 16.3. The Kier molecular flexibility index (Phi) is 0.550. The lowest BCUT2D eigenvalue weighted by Crippen LogP contribution is -2.12. The molecule has 4 rings (SSSR count). The molecule has 3 aliphatic heterocycles. The number of phenolic OH excluding ortho intramolecular Hbond substituents is 1. The first-order valence-electron chi connectivity index (χ1n) is 3.21. The van der Waals surface area contributed by atoms with Crippen molar-refractivity contribution in [2.45, 2.75) is 0 Å². The fourth-order valence-electron chi connectivity index (χ4n) is 1.47. The lowest BCUT2D eigenvalue weighted by Gasteiger charge is -2.06. The van der Waals surface area contributed by atoms with E-state index in [0.717, 1.165) is 17.1 Å². The largest absolute Gasteiger partial charge is 0.505 e. The van der Waals surface area contributed by atoms with Gasteiger partial charge in [0.25, 0.3) is 0 Å². The first kappa shape index (κ1) is 5.24. The highest BCUT2D eigenvalue weighted by Gasteiger charge is 2.55. The van der Waals surface area contributed by atoms with Gasteiger partial charge >= 0.3 is 0 Å². The van der Waals surface area contributed by atoms with Crippen LogP contribution >= 0.6 is 0 Å². The number of fused-ring (bicyclic) bond motifs is 2. The number of benzene rings is 1. The number of aromatic hydroxyl groups is 1. The van der Waals surface area contributed by atoms with Crippen LogP contribution in [0.4, 0.5) is 17.1 Å². The number of anilines is 3. The minimum Gasteiger partial charge on any atom is -0.505 e. The second-order valence-corrected chi connectivity index (χ2v) is 2.68. The Morgan fingerprint density at radius 2 is 2.00 bits per heavy atom. The van der Waals surface area contributed by atoms with E-state index in [0.29, 0.717) is 11.7 Å². The van der Waals surface area contributed by atoms with E-state index in [4.69, 9.17) is 7.85 Å². The van der Waals surface area contributed by atoms with Crippen molar-refractivity contribution >= 4 is 36.7 Å². The van der Waals surface area contributed by atoms with Gasteiger partial charge in [0.1, 0.15) is 13.5 Å². The minimum absolute atomic E-state index is 0.0301. The highest BCUT2D eigenvalue weighted by molar-refractivity contribution is 6.49. The van der Waals surface area contributed by atoms with Crippen LogP contribution in [0.25, 0.3) is 0 Å². The second kappa shape index (κ2) is 1.16. The Hall–Kier alpha value is -1.45. The van der Waals surface area contributed by atoms with Crippen LogP contribution in [-0.4, -0.2) is 19.2 Å². The van der Waals surface area contributed by atoms with Gasteiger partial charge in [0.05, 0.1) is 16.9 Å². The Bertz CT molecular complexity index is 382. The third-order valence-electron chi connectivity index (χ3n) is 2.16. The zero-order valence-electron chi connectivity index (χ0n) is 5.46. The van der Waals surface area contributed by atoms with Gasteiger partial charge in [-0.25, -0.2) is 0 Å². The van der Waals surface area contributed by atoms with E-state index in [1.165, 1.54) is 0 Å². The van der Waals surface area contributed by atoms with Gasteiger partial charge in [0.2, 0.25) is 0 Å². The van der Waals surface area contributed by atoms with Gasteiger partial charge in [-0.3, -0.25) is 9.69 Å². The minimum atomic E-state index is 0.0301. The summed E-state index contributed by atoms with van der Waals surface area (Å²) in [6.45, 7) is 0. The van der Waals surface area contributed by atoms with Crippen molar-refractivity contribution in [3.05, 3.63) is 5.56 Å². The molecule has 0 aromatic heterocycles. The van der Waals surface area contributed by atoms with E-state index in [2.05, 4.69) is 0 Å². The van der Waals surface area contributed by atoms with Crippen LogP contribution in [0.1, 0.15) is 10.4 Å². The van der Waals surface area contributed by atoms with Crippen LogP contribution in [-0.2, 0) is 0 Å². The van der Waals surface area contributed by atoms with Crippen molar-refractivity contribution < 1.29 is 9.90 Å². The number of phenols is 1. The summed E-state index contributed by atoms with van der Waals surface area (Å²) in [4.78, 5) is 12.2. The molecule has 0 saturated heterocycles. The van der Waals surface area contributed by atoms with Crippen LogP contribution in [0.3, 0.4) is 0 Å². The standard InChI is InChI=1S/C7H2BNO2/c8-3-2(1-10)7(11)6-5-4(3)9(5)6/h1,11H. The summed E-state index contributed by atoms with van der Waals surface area (Å²) in [6.07, 6.45) is 0.587. The van der Waals surface area contributed by atoms with Gasteiger partial charge in [0, 0.05) is 0 Å². The van der Waals surface area contributed by atoms with Gasteiger partial charge in [-0.2, -0.15) is 0 Å². The monoisotopic (exact) mass is 143 g/mol. The molecule has 11 heavy (non-hydrogen) atoms. The third kappa shape index (κ3) is 0.347.